The van der Waals surface area contributed by atoms with Crippen LogP contribution in [0.3, 0.4) is 0 Å². The average molecular weight is 337 g/mol. The van der Waals surface area contributed by atoms with Gasteiger partial charge in [0.15, 0.2) is 0 Å². The molecule has 0 aliphatic carbocycles. The van der Waals surface area contributed by atoms with Gasteiger partial charge in [-0.2, -0.15) is 0 Å². The van der Waals surface area contributed by atoms with Gasteiger partial charge in [-0.3, -0.25) is 9.69 Å². The Labute approximate surface area is 133 Å². The van der Waals surface area contributed by atoms with Gasteiger partial charge in [0.25, 0.3) is 0 Å². The molecule has 1 fully saturated rings. The Hall–Kier alpha value is -0.520. The Kier molecular flexibility index (Phi) is 5.93. The van der Waals surface area contributed by atoms with Gasteiger partial charge in [0, 0.05) is 13.1 Å². The number of halogens is 3. The average Bonchev–Trinajstić information content (AvgIpc) is 2.64. The standard InChI is InChI=1S/C13H16Cl3N3O/c14-9-6-11(16)12(7-10(9)15)18-13(20)8-19-4-1-2-17-3-5-19/h6-7,17H,1-5,8H2,(H,18,20). The summed E-state index contributed by atoms with van der Waals surface area (Å²) in [5.41, 5.74) is 0.485. The van der Waals surface area contributed by atoms with Gasteiger partial charge in [-0.15, -0.1) is 0 Å². The van der Waals surface area contributed by atoms with E-state index in [0.717, 1.165) is 32.6 Å². The van der Waals surface area contributed by atoms with Crippen LogP contribution >= 0.6 is 34.8 Å². The lowest BCUT2D eigenvalue weighted by molar-refractivity contribution is -0.117. The van der Waals surface area contributed by atoms with E-state index in [9.17, 15) is 4.79 Å². The van der Waals surface area contributed by atoms with Crippen molar-refractivity contribution in [2.75, 3.05) is 38.0 Å². The lowest BCUT2D eigenvalue weighted by atomic mass is 10.3. The van der Waals surface area contributed by atoms with Crippen molar-refractivity contribution in [1.82, 2.24) is 10.2 Å². The van der Waals surface area contributed by atoms with Crippen LogP contribution in [0.15, 0.2) is 12.1 Å². The first-order valence-corrected chi connectivity index (χ1v) is 7.57. The molecule has 1 aromatic carbocycles. The summed E-state index contributed by atoms with van der Waals surface area (Å²) in [6.45, 7) is 4.02. The zero-order valence-electron chi connectivity index (χ0n) is 10.9. The Balaban J connectivity index is 1.95. The van der Waals surface area contributed by atoms with E-state index in [2.05, 4.69) is 15.5 Å². The van der Waals surface area contributed by atoms with Crippen molar-refractivity contribution in [3.63, 3.8) is 0 Å². The maximum absolute atomic E-state index is 12.0. The predicted molar refractivity (Wildman–Crippen MR) is 84.0 cm³/mol. The lowest BCUT2D eigenvalue weighted by Gasteiger charge is -2.19. The van der Waals surface area contributed by atoms with Crippen molar-refractivity contribution in [1.29, 1.82) is 0 Å². The first kappa shape index (κ1) is 15.9. The molecular weight excluding hydrogens is 321 g/mol. The van der Waals surface area contributed by atoms with Gasteiger partial charge >= 0.3 is 0 Å². The number of benzene rings is 1. The van der Waals surface area contributed by atoms with E-state index in [1.165, 1.54) is 6.07 Å². The summed E-state index contributed by atoms with van der Waals surface area (Å²) in [5, 5.41) is 7.18. The SMILES string of the molecule is O=C(CN1CCCNCC1)Nc1cc(Cl)c(Cl)cc1Cl. The second-order valence-electron chi connectivity index (χ2n) is 4.67. The van der Waals surface area contributed by atoms with Crippen LogP contribution in [0.5, 0.6) is 0 Å². The van der Waals surface area contributed by atoms with Crippen molar-refractivity contribution in [2.24, 2.45) is 0 Å². The van der Waals surface area contributed by atoms with Crippen LogP contribution in [-0.2, 0) is 4.79 Å². The van der Waals surface area contributed by atoms with Crippen LogP contribution in [-0.4, -0.2) is 43.5 Å². The molecule has 1 aliphatic heterocycles. The molecule has 0 bridgehead atoms. The molecule has 4 nitrogen and oxygen atoms in total. The van der Waals surface area contributed by atoms with Crippen LogP contribution < -0.4 is 10.6 Å². The third kappa shape index (κ3) is 4.50. The zero-order valence-corrected chi connectivity index (χ0v) is 13.2. The molecule has 7 heteroatoms. The van der Waals surface area contributed by atoms with E-state index < -0.39 is 0 Å². The molecule has 0 atom stereocenters. The van der Waals surface area contributed by atoms with Gasteiger partial charge in [0.1, 0.15) is 0 Å². The van der Waals surface area contributed by atoms with Gasteiger partial charge in [-0.1, -0.05) is 34.8 Å². The Morgan fingerprint density at radius 2 is 1.90 bits per heavy atom. The van der Waals surface area contributed by atoms with Crippen molar-refractivity contribution >= 4 is 46.4 Å². The minimum Gasteiger partial charge on any atom is -0.324 e. The second kappa shape index (κ2) is 7.48. The predicted octanol–water partition coefficient (Wildman–Crippen LogP) is 2.88. The fourth-order valence-corrected chi connectivity index (χ4v) is 2.67. The molecule has 0 radical (unpaired) electrons. The summed E-state index contributed by atoms with van der Waals surface area (Å²) < 4.78 is 0. The molecule has 2 rings (SSSR count). The topological polar surface area (TPSA) is 44.4 Å². The summed E-state index contributed by atoms with van der Waals surface area (Å²) in [6, 6.07) is 3.09. The number of rotatable bonds is 3. The van der Waals surface area contributed by atoms with Crippen LogP contribution in [0, 0.1) is 0 Å². The third-order valence-corrected chi connectivity index (χ3v) is 4.12. The normalized spacial score (nSPS) is 16.8. The van der Waals surface area contributed by atoms with Crippen molar-refractivity contribution < 1.29 is 4.79 Å². The number of hydrogen-bond donors (Lipinski definition) is 2. The minimum absolute atomic E-state index is 0.104. The number of carbonyl (C=O) groups excluding carboxylic acids is 1. The molecule has 0 aromatic heterocycles. The molecule has 1 heterocycles. The largest absolute Gasteiger partial charge is 0.324 e. The van der Waals surface area contributed by atoms with Gasteiger partial charge in [-0.05, 0) is 31.6 Å². The van der Waals surface area contributed by atoms with Crippen LogP contribution in [0.1, 0.15) is 6.42 Å². The molecule has 110 valence electrons. The monoisotopic (exact) mass is 335 g/mol. The van der Waals surface area contributed by atoms with Crippen LogP contribution in [0.2, 0.25) is 15.1 Å². The molecule has 1 aliphatic rings. The van der Waals surface area contributed by atoms with Gasteiger partial charge in [0.2, 0.25) is 5.91 Å². The van der Waals surface area contributed by atoms with Crippen molar-refractivity contribution in [3.05, 3.63) is 27.2 Å². The quantitative estimate of drug-likeness (QED) is 0.834. The Morgan fingerprint density at radius 3 is 2.70 bits per heavy atom. The van der Waals surface area contributed by atoms with Gasteiger partial charge in [0.05, 0.1) is 27.3 Å². The Bertz CT molecular complexity index is 488. The van der Waals surface area contributed by atoms with E-state index in [0.29, 0.717) is 27.3 Å². The molecule has 1 saturated heterocycles. The Morgan fingerprint density at radius 1 is 1.15 bits per heavy atom. The number of carbonyl (C=O) groups is 1. The third-order valence-electron chi connectivity index (χ3n) is 3.08. The van der Waals surface area contributed by atoms with Crippen molar-refractivity contribution in [2.45, 2.75) is 6.42 Å². The number of nitrogens with one attached hydrogen (secondary N) is 2. The summed E-state index contributed by atoms with van der Waals surface area (Å²) in [7, 11) is 0. The number of nitrogens with zero attached hydrogens (tertiary/aromatic N) is 1. The lowest BCUT2D eigenvalue weighted by Crippen LogP contribution is -2.35. The van der Waals surface area contributed by atoms with E-state index in [1.807, 2.05) is 0 Å². The fraction of sp³-hybridized carbons (Fsp3) is 0.462. The zero-order chi connectivity index (χ0) is 14.5. The molecule has 1 aromatic rings. The number of amides is 1. The first-order chi connectivity index (χ1) is 9.56. The van der Waals surface area contributed by atoms with E-state index in [4.69, 9.17) is 34.8 Å². The summed E-state index contributed by atoms with van der Waals surface area (Å²) >= 11 is 17.8. The molecule has 0 saturated carbocycles. The van der Waals surface area contributed by atoms with Crippen LogP contribution in [0.4, 0.5) is 5.69 Å². The van der Waals surface area contributed by atoms with E-state index in [-0.39, 0.29) is 5.91 Å². The molecule has 1 amide bonds. The second-order valence-corrected chi connectivity index (χ2v) is 5.90. The number of hydrogen-bond acceptors (Lipinski definition) is 3. The highest BCUT2D eigenvalue weighted by atomic mass is 35.5. The smallest absolute Gasteiger partial charge is 0.238 e. The molecule has 2 N–H and O–H groups in total. The highest BCUT2D eigenvalue weighted by Crippen LogP contribution is 2.32. The molecular formula is C13H16Cl3N3O. The molecule has 0 unspecified atom stereocenters. The molecule has 20 heavy (non-hydrogen) atoms. The highest BCUT2D eigenvalue weighted by molar-refractivity contribution is 6.44. The van der Waals surface area contributed by atoms with E-state index >= 15 is 0 Å². The van der Waals surface area contributed by atoms with E-state index in [1.54, 1.807) is 6.07 Å². The maximum atomic E-state index is 12.0. The van der Waals surface area contributed by atoms with Gasteiger partial charge < -0.3 is 10.6 Å². The number of anilines is 1. The fourth-order valence-electron chi connectivity index (χ4n) is 2.07. The molecule has 0 spiro atoms. The summed E-state index contributed by atoms with van der Waals surface area (Å²) in [4.78, 5) is 14.1. The minimum atomic E-state index is -0.104. The van der Waals surface area contributed by atoms with Crippen molar-refractivity contribution in [3.8, 4) is 0 Å². The summed E-state index contributed by atoms with van der Waals surface area (Å²) in [5.74, 6) is -0.104. The van der Waals surface area contributed by atoms with Gasteiger partial charge in [-0.25, -0.2) is 0 Å². The highest BCUT2D eigenvalue weighted by Gasteiger charge is 2.14. The first-order valence-electron chi connectivity index (χ1n) is 6.44. The maximum Gasteiger partial charge on any atom is 0.238 e. The van der Waals surface area contributed by atoms with Crippen LogP contribution in [0.25, 0.3) is 0 Å². The summed E-state index contributed by atoms with van der Waals surface area (Å²) in [6.07, 6.45) is 1.04.